The number of hydrogen-bond donors (Lipinski definition) is 0. The Morgan fingerprint density at radius 2 is 1.91 bits per heavy atom. The van der Waals surface area contributed by atoms with Crippen LogP contribution in [0.3, 0.4) is 0 Å². The van der Waals surface area contributed by atoms with Gasteiger partial charge in [-0.1, -0.05) is 26.0 Å². The van der Waals surface area contributed by atoms with Crippen molar-refractivity contribution in [2.24, 2.45) is 5.10 Å². The predicted molar refractivity (Wildman–Crippen MR) is 135 cm³/mol. The zero-order chi connectivity index (χ0) is 23.5. The number of nitrogens with zero attached hydrogens (tertiary/aromatic N) is 4. The Bertz CT molecular complexity index is 1380. The molecule has 0 atom stereocenters. The van der Waals surface area contributed by atoms with E-state index in [4.69, 9.17) is 9.72 Å². The van der Waals surface area contributed by atoms with Crippen molar-refractivity contribution in [1.29, 1.82) is 0 Å². The average Bonchev–Trinajstić information content (AvgIpc) is 3.26. The fourth-order valence-electron chi connectivity index (χ4n) is 4.03. The highest BCUT2D eigenvalue weighted by Gasteiger charge is 2.18. The van der Waals surface area contributed by atoms with Crippen LogP contribution in [0.25, 0.3) is 22.3 Å². The number of para-hydroxylation sites is 1. The second-order valence-electron chi connectivity index (χ2n) is 8.33. The molecule has 0 radical (unpaired) electrons. The molecule has 2 aromatic carbocycles. The Kier molecular flexibility index (Phi) is 6.45. The van der Waals surface area contributed by atoms with E-state index in [0.29, 0.717) is 23.3 Å². The van der Waals surface area contributed by atoms with Crippen LogP contribution in [0.1, 0.15) is 50.4 Å². The van der Waals surface area contributed by atoms with Gasteiger partial charge >= 0.3 is 0 Å². The van der Waals surface area contributed by atoms with Crippen molar-refractivity contribution in [2.75, 3.05) is 6.61 Å². The Morgan fingerprint density at radius 1 is 1.12 bits per heavy atom. The lowest BCUT2D eigenvalue weighted by atomic mass is 9.96. The van der Waals surface area contributed by atoms with Gasteiger partial charge in [-0.2, -0.15) is 9.78 Å². The van der Waals surface area contributed by atoms with E-state index < -0.39 is 0 Å². The third-order valence-corrected chi connectivity index (χ3v) is 5.78. The maximum absolute atomic E-state index is 13.5. The molecule has 0 aliphatic heterocycles. The van der Waals surface area contributed by atoms with Crippen molar-refractivity contribution in [3.8, 4) is 17.1 Å². The first-order valence-corrected chi connectivity index (χ1v) is 11.4. The lowest BCUT2D eigenvalue weighted by Gasteiger charge is -2.18. The topological polar surface area (TPSA) is 61.4 Å². The van der Waals surface area contributed by atoms with E-state index in [1.165, 1.54) is 4.68 Å². The molecule has 0 fully saturated rings. The SMILES string of the molecule is CCOc1cc(C)c(-c2nc3ccccc3c(=O)n2N=Cc2cccn2CC)cc1C(C)C. The minimum atomic E-state index is -0.194. The van der Waals surface area contributed by atoms with Crippen LogP contribution in [0, 0.1) is 6.92 Å². The fraction of sp³-hybridized carbons (Fsp3) is 0.296. The second-order valence-corrected chi connectivity index (χ2v) is 8.33. The molecule has 0 aliphatic carbocycles. The number of hydrogen-bond acceptors (Lipinski definition) is 4. The molecule has 6 nitrogen and oxygen atoms in total. The fourth-order valence-corrected chi connectivity index (χ4v) is 4.03. The highest BCUT2D eigenvalue weighted by Crippen LogP contribution is 2.34. The molecule has 170 valence electrons. The van der Waals surface area contributed by atoms with Gasteiger partial charge in [-0.3, -0.25) is 4.79 Å². The van der Waals surface area contributed by atoms with Crippen molar-refractivity contribution >= 4 is 17.1 Å². The van der Waals surface area contributed by atoms with E-state index >= 15 is 0 Å². The molecule has 0 saturated carbocycles. The zero-order valence-electron chi connectivity index (χ0n) is 19.9. The van der Waals surface area contributed by atoms with Crippen LogP contribution in [0.15, 0.2) is 64.6 Å². The number of ether oxygens (including phenoxy) is 1. The highest BCUT2D eigenvalue weighted by atomic mass is 16.5. The van der Waals surface area contributed by atoms with Crippen molar-refractivity contribution in [1.82, 2.24) is 14.2 Å². The van der Waals surface area contributed by atoms with Crippen LogP contribution in [-0.4, -0.2) is 27.0 Å². The number of fused-ring (bicyclic) bond motifs is 1. The van der Waals surface area contributed by atoms with E-state index in [1.54, 1.807) is 12.3 Å². The Hall–Kier alpha value is -3.67. The predicted octanol–water partition coefficient (Wildman–Crippen LogP) is 5.60. The first-order chi connectivity index (χ1) is 15.9. The first-order valence-electron chi connectivity index (χ1n) is 11.4. The first kappa shape index (κ1) is 22.5. The maximum atomic E-state index is 13.5. The molecule has 2 heterocycles. The molecular weight excluding hydrogens is 412 g/mol. The van der Waals surface area contributed by atoms with Gasteiger partial charge < -0.3 is 9.30 Å². The third kappa shape index (κ3) is 4.33. The molecule has 0 saturated heterocycles. The Balaban J connectivity index is 1.98. The summed E-state index contributed by atoms with van der Waals surface area (Å²) >= 11 is 0. The molecule has 0 bridgehead atoms. The van der Waals surface area contributed by atoms with E-state index in [-0.39, 0.29) is 11.5 Å². The molecule has 0 N–H and O–H groups in total. The summed E-state index contributed by atoms with van der Waals surface area (Å²) < 4.78 is 9.38. The normalized spacial score (nSPS) is 11.7. The van der Waals surface area contributed by atoms with Crippen molar-refractivity contribution < 1.29 is 4.74 Å². The van der Waals surface area contributed by atoms with Gasteiger partial charge in [-0.25, -0.2) is 4.98 Å². The van der Waals surface area contributed by atoms with Crippen molar-refractivity contribution in [2.45, 2.75) is 47.1 Å². The molecular formula is C27H30N4O2. The van der Waals surface area contributed by atoms with E-state index in [9.17, 15) is 4.79 Å². The van der Waals surface area contributed by atoms with Crippen LogP contribution >= 0.6 is 0 Å². The third-order valence-electron chi connectivity index (χ3n) is 5.78. The summed E-state index contributed by atoms with van der Waals surface area (Å²) in [6.45, 7) is 11.8. The summed E-state index contributed by atoms with van der Waals surface area (Å²) in [6, 6.07) is 15.5. The largest absolute Gasteiger partial charge is 0.494 e. The second kappa shape index (κ2) is 9.45. The van der Waals surface area contributed by atoms with Gasteiger partial charge in [0.15, 0.2) is 5.82 Å². The van der Waals surface area contributed by atoms with Gasteiger partial charge in [0.05, 0.1) is 29.4 Å². The Morgan fingerprint density at radius 3 is 2.64 bits per heavy atom. The smallest absolute Gasteiger partial charge is 0.282 e. The van der Waals surface area contributed by atoms with Crippen LogP contribution < -0.4 is 10.3 Å². The quantitative estimate of drug-likeness (QED) is 0.350. The van der Waals surface area contributed by atoms with Crippen LogP contribution in [-0.2, 0) is 6.54 Å². The van der Waals surface area contributed by atoms with Crippen molar-refractivity contribution in [3.05, 3.63) is 81.9 Å². The molecule has 4 rings (SSSR count). The zero-order valence-corrected chi connectivity index (χ0v) is 19.9. The van der Waals surface area contributed by atoms with E-state index in [0.717, 1.165) is 34.7 Å². The summed E-state index contributed by atoms with van der Waals surface area (Å²) in [5.41, 5.74) is 4.31. The van der Waals surface area contributed by atoms with Gasteiger partial charge in [0.2, 0.25) is 0 Å². The minimum Gasteiger partial charge on any atom is -0.494 e. The Labute approximate surface area is 194 Å². The van der Waals surface area contributed by atoms with Gasteiger partial charge in [-0.15, -0.1) is 0 Å². The lowest BCUT2D eigenvalue weighted by Crippen LogP contribution is -2.21. The van der Waals surface area contributed by atoms with Gasteiger partial charge in [0.1, 0.15) is 5.75 Å². The molecule has 33 heavy (non-hydrogen) atoms. The molecule has 0 unspecified atom stereocenters. The van der Waals surface area contributed by atoms with Gasteiger partial charge in [0, 0.05) is 18.3 Å². The van der Waals surface area contributed by atoms with E-state index in [2.05, 4.69) is 36.5 Å². The van der Waals surface area contributed by atoms with Crippen molar-refractivity contribution in [3.63, 3.8) is 0 Å². The molecule has 6 heteroatoms. The number of aromatic nitrogens is 3. The van der Waals surface area contributed by atoms with Gasteiger partial charge in [0.25, 0.3) is 5.56 Å². The number of aryl methyl sites for hydroxylation is 2. The maximum Gasteiger partial charge on any atom is 0.282 e. The highest BCUT2D eigenvalue weighted by molar-refractivity contribution is 5.81. The molecule has 0 spiro atoms. The van der Waals surface area contributed by atoms with Gasteiger partial charge in [-0.05, 0) is 74.2 Å². The monoisotopic (exact) mass is 442 g/mol. The standard InChI is InChI=1S/C27H30N4O2/c1-6-30-14-10-11-20(30)17-28-31-26(29-24-13-9-8-12-21(24)27(31)32)23-16-22(18(3)4)25(33-7-2)15-19(23)5/h8-18H,6-7H2,1-5H3. The molecule has 2 aromatic heterocycles. The summed E-state index contributed by atoms with van der Waals surface area (Å²) in [5, 5.41) is 5.16. The summed E-state index contributed by atoms with van der Waals surface area (Å²) in [6.07, 6.45) is 3.72. The van der Waals surface area contributed by atoms with Crippen LogP contribution in [0.2, 0.25) is 0 Å². The molecule has 4 aromatic rings. The molecule has 0 amide bonds. The lowest BCUT2D eigenvalue weighted by molar-refractivity contribution is 0.335. The summed E-state index contributed by atoms with van der Waals surface area (Å²) in [7, 11) is 0. The number of rotatable bonds is 7. The number of benzene rings is 2. The molecule has 0 aliphatic rings. The average molecular weight is 443 g/mol. The van der Waals surface area contributed by atoms with Crippen LogP contribution in [0.4, 0.5) is 0 Å². The summed E-state index contributed by atoms with van der Waals surface area (Å²) in [5.74, 6) is 1.64. The van der Waals surface area contributed by atoms with Crippen LogP contribution in [0.5, 0.6) is 5.75 Å². The minimum absolute atomic E-state index is 0.194. The van der Waals surface area contributed by atoms with E-state index in [1.807, 2.05) is 56.4 Å². The summed E-state index contributed by atoms with van der Waals surface area (Å²) in [4.78, 5) is 18.4.